The van der Waals surface area contributed by atoms with E-state index in [9.17, 15) is 4.79 Å². The van der Waals surface area contributed by atoms with E-state index >= 15 is 0 Å². The number of aryl methyl sites for hydroxylation is 2. The maximum absolute atomic E-state index is 12.6. The molecule has 106 valence electrons. The van der Waals surface area contributed by atoms with Crippen LogP contribution < -0.4 is 10.0 Å². The Labute approximate surface area is 144 Å². The first-order valence-corrected chi connectivity index (χ1v) is 7.62. The Morgan fingerprint density at radius 2 is 1.67 bits per heavy atom. The van der Waals surface area contributed by atoms with Crippen LogP contribution in [0.1, 0.15) is 21.5 Å². The molecular weight excluding hydrogens is 298 g/mol. The predicted octanol–water partition coefficient (Wildman–Crippen LogP) is 3.46. The molecule has 2 aromatic rings. The number of benzene rings is 2. The molecule has 0 N–H and O–H groups in total. The number of ether oxygens (including phenoxy) is 1. The van der Waals surface area contributed by atoms with Crippen LogP contribution >= 0.6 is 20.2 Å². The summed E-state index contributed by atoms with van der Waals surface area (Å²) in [5.74, 6) is 0.529. The summed E-state index contributed by atoms with van der Waals surface area (Å²) >= 11 is 6.15. The Hall–Kier alpha value is -0.773. The van der Waals surface area contributed by atoms with Crippen molar-refractivity contribution in [3.05, 3.63) is 58.1 Å². The fourth-order valence-electron chi connectivity index (χ4n) is 2.08. The molecule has 21 heavy (non-hydrogen) atoms. The number of methoxy groups -OCH3 is 1. The van der Waals surface area contributed by atoms with E-state index in [0.29, 0.717) is 16.3 Å². The van der Waals surface area contributed by atoms with Crippen molar-refractivity contribution >= 4 is 49.9 Å². The first-order valence-electron chi connectivity index (χ1n) is 6.24. The molecule has 2 nitrogen and oxygen atoms in total. The van der Waals surface area contributed by atoms with Gasteiger partial charge in [0.1, 0.15) is 5.75 Å². The molecule has 0 amide bonds. The molecule has 1 unspecified atom stereocenters. The third-order valence-corrected chi connectivity index (χ3v) is 4.97. The van der Waals surface area contributed by atoms with Crippen LogP contribution in [0.3, 0.4) is 0 Å². The number of hydrogen-bond acceptors (Lipinski definition) is 2. The van der Waals surface area contributed by atoms with Gasteiger partial charge in [-0.05, 0) is 51.0 Å². The zero-order valence-electron chi connectivity index (χ0n) is 11.7. The second-order valence-corrected chi connectivity index (χ2v) is 6.15. The number of carbonyl (C=O) groups excluding carboxylic acids is 1. The topological polar surface area (TPSA) is 26.3 Å². The van der Waals surface area contributed by atoms with Crippen LogP contribution in [-0.4, -0.2) is 31.5 Å². The van der Waals surface area contributed by atoms with Gasteiger partial charge in [0.2, 0.25) is 0 Å². The summed E-state index contributed by atoms with van der Waals surface area (Å²) in [6, 6.07) is 11.3. The van der Waals surface area contributed by atoms with Gasteiger partial charge in [-0.25, -0.2) is 0 Å². The zero-order chi connectivity index (χ0) is 14.7. The van der Waals surface area contributed by atoms with E-state index in [2.05, 4.69) is 0 Å². The van der Waals surface area contributed by atoms with E-state index in [-0.39, 0.29) is 33.0 Å². The Morgan fingerprint density at radius 1 is 1.10 bits per heavy atom. The Balaban J connectivity index is 0.00000220. The van der Waals surface area contributed by atoms with Crippen molar-refractivity contribution in [3.8, 4) is 5.75 Å². The fraction of sp³-hybridized carbons (Fsp3) is 0.188. The van der Waals surface area contributed by atoms with Gasteiger partial charge in [-0.15, -0.1) is 0 Å². The van der Waals surface area contributed by atoms with Gasteiger partial charge in [-0.3, -0.25) is 4.79 Å². The van der Waals surface area contributed by atoms with Crippen LogP contribution in [0, 0.1) is 13.8 Å². The SMILES string of the molecule is COc1cccc(Cl)c1C(=O)Pc1c(C)cccc1C.[LiH]. The second kappa shape index (κ2) is 8.02. The molecule has 0 fully saturated rings. The van der Waals surface area contributed by atoms with Crippen LogP contribution in [0.4, 0.5) is 0 Å². The van der Waals surface area contributed by atoms with Crippen molar-refractivity contribution in [3.63, 3.8) is 0 Å². The summed E-state index contributed by atoms with van der Waals surface area (Å²) in [4.78, 5) is 12.6. The first-order chi connectivity index (χ1) is 9.54. The van der Waals surface area contributed by atoms with E-state index in [1.165, 1.54) is 0 Å². The van der Waals surface area contributed by atoms with Crippen molar-refractivity contribution in [2.24, 2.45) is 0 Å². The molecule has 0 aromatic heterocycles. The minimum absolute atomic E-state index is 0. The molecular formula is C16H17ClLiO2P. The van der Waals surface area contributed by atoms with Crippen LogP contribution in [-0.2, 0) is 0 Å². The monoisotopic (exact) mass is 314 g/mol. The van der Waals surface area contributed by atoms with Gasteiger partial charge in [-0.2, -0.15) is 0 Å². The van der Waals surface area contributed by atoms with E-state index in [0.717, 1.165) is 16.4 Å². The quantitative estimate of drug-likeness (QED) is 0.638. The zero-order valence-corrected chi connectivity index (χ0v) is 13.4. The Bertz CT molecular complexity index is 638. The third kappa shape index (κ3) is 4.12. The molecule has 1 atom stereocenters. The molecule has 0 saturated carbocycles. The molecule has 0 heterocycles. The van der Waals surface area contributed by atoms with Crippen molar-refractivity contribution < 1.29 is 9.53 Å². The summed E-state index contributed by atoms with van der Waals surface area (Å²) in [5.41, 5.74) is 2.73. The van der Waals surface area contributed by atoms with Crippen LogP contribution in [0.5, 0.6) is 5.75 Å². The molecule has 0 bridgehead atoms. The van der Waals surface area contributed by atoms with E-state index in [1.807, 2.05) is 32.0 Å². The Kier molecular flexibility index (Phi) is 6.98. The first kappa shape index (κ1) is 18.3. The predicted molar refractivity (Wildman–Crippen MR) is 93.3 cm³/mol. The molecule has 0 saturated heterocycles. The van der Waals surface area contributed by atoms with E-state index < -0.39 is 0 Å². The van der Waals surface area contributed by atoms with Gasteiger partial charge < -0.3 is 4.74 Å². The third-order valence-electron chi connectivity index (χ3n) is 3.14. The molecule has 0 aliphatic rings. The number of rotatable bonds is 4. The van der Waals surface area contributed by atoms with Gasteiger partial charge in [0, 0.05) is 0 Å². The fourth-order valence-corrected chi connectivity index (χ4v) is 3.58. The van der Waals surface area contributed by atoms with Gasteiger partial charge >= 0.3 is 18.9 Å². The standard InChI is InChI=1S/C16H16ClO2P.Li.H/c1-10-6-4-7-11(2)15(10)20-16(18)14-12(17)8-5-9-13(14)19-3;;/h4-9,20H,1-3H3;;. The average molecular weight is 315 g/mol. The van der Waals surface area contributed by atoms with Crippen molar-refractivity contribution in [1.29, 1.82) is 0 Å². The molecule has 5 heteroatoms. The number of halogens is 1. The average Bonchev–Trinajstić information content (AvgIpc) is 2.42. The van der Waals surface area contributed by atoms with Gasteiger partial charge in [0.05, 0.1) is 17.7 Å². The van der Waals surface area contributed by atoms with E-state index in [4.69, 9.17) is 16.3 Å². The summed E-state index contributed by atoms with van der Waals surface area (Å²) in [6.45, 7) is 4.04. The number of carbonyl (C=O) groups is 1. The normalized spacial score (nSPS) is 10.5. The van der Waals surface area contributed by atoms with Crippen LogP contribution in [0.2, 0.25) is 5.02 Å². The molecule has 0 radical (unpaired) electrons. The minimum atomic E-state index is 0. The molecule has 2 aromatic carbocycles. The second-order valence-electron chi connectivity index (χ2n) is 4.54. The van der Waals surface area contributed by atoms with Crippen LogP contribution in [0.25, 0.3) is 0 Å². The molecule has 0 aliphatic carbocycles. The number of hydrogen-bond donors (Lipinski definition) is 0. The van der Waals surface area contributed by atoms with E-state index in [1.54, 1.807) is 25.3 Å². The Morgan fingerprint density at radius 3 is 2.24 bits per heavy atom. The molecule has 2 rings (SSSR count). The van der Waals surface area contributed by atoms with Gasteiger partial charge in [0.25, 0.3) is 0 Å². The summed E-state index contributed by atoms with van der Waals surface area (Å²) in [6.07, 6.45) is 0. The van der Waals surface area contributed by atoms with Gasteiger partial charge in [0.15, 0.2) is 5.52 Å². The van der Waals surface area contributed by atoms with Crippen molar-refractivity contribution in [1.82, 2.24) is 0 Å². The van der Waals surface area contributed by atoms with Crippen LogP contribution in [0.15, 0.2) is 36.4 Å². The summed E-state index contributed by atoms with van der Waals surface area (Å²) in [5, 5.41) is 1.52. The summed E-state index contributed by atoms with van der Waals surface area (Å²) in [7, 11) is 1.59. The molecule has 0 aliphatic heterocycles. The van der Waals surface area contributed by atoms with Gasteiger partial charge in [-0.1, -0.05) is 35.9 Å². The van der Waals surface area contributed by atoms with Crippen molar-refractivity contribution in [2.75, 3.05) is 7.11 Å². The maximum atomic E-state index is 12.6. The van der Waals surface area contributed by atoms with Crippen molar-refractivity contribution in [2.45, 2.75) is 13.8 Å². The summed E-state index contributed by atoms with van der Waals surface area (Å²) < 4.78 is 5.24. The molecule has 0 spiro atoms.